The van der Waals surface area contributed by atoms with Gasteiger partial charge in [0.1, 0.15) is 6.04 Å². The molecule has 26 heavy (non-hydrogen) atoms. The number of aryl methyl sites for hydroxylation is 1. The molecule has 0 aliphatic carbocycles. The number of fused-ring (bicyclic) bond motifs is 1. The van der Waals surface area contributed by atoms with Crippen molar-refractivity contribution < 1.29 is 9.59 Å². The van der Waals surface area contributed by atoms with Crippen LogP contribution < -0.4 is 4.90 Å². The first-order chi connectivity index (χ1) is 12.6. The Morgan fingerprint density at radius 2 is 2.04 bits per heavy atom. The number of carbonyl (C=O) groups excluding carboxylic acids is 2. The van der Waals surface area contributed by atoms with Gasteiger partial charge in [-0.25, -0.2) is 0 Å². The van der Waals surface area contributed by atoms with Gasteiger partial charge in [-0.05, 0) is 61.9 Å². The number of pyridine rings is 1. The molecule has 5 nitrogen and oxygen atoms in total. The highest BCUT2D eigenvalue weighted by Gasteiger charge is 2.37. The molecule has 1 unspecified atom stereocenters. The lowest BCUT2D eigenvalue weighted by Crippen LogP contribution is -2.53. The van der Waals surface area contributed by atoms with Crippen molar-refractivity contribution in [2.24, 2.45) is 0 Å². The summed E-state index contributed by atoms with van der Waals surface area (Å²) in [5, 5.41) is 0. The number of aromatic nitrogens is 1. The van der Waals surface area contributed by atoms with E-state index < -0.39 is 0 Å². The first-order valence-electron chi connectivity index (χ1n) is 9.27. The smallest absolute Gasteiger partial charge is 0.256 e. The predicted octanol–water partition coefficient (Wildman–Crippen LogP) is 2.97. The molecule has 0 N–H and O–H groups in total. The van der Waals surface area contributed by atoms with Gasteiger partial charge in [-0.2, -0.15) is 0 Å². The second kappa shape index (κ2) is 6.90. The van der Waals surface area contributed by atoms with Crippen molar-refractivity contribution in [3.8, 4) is 0 Å². The summed E-state index contributed by atoms with van der Waals surface area (Å²) in [6.07, 6.45) is 6.74. The summed E-state index contributed by atoms with van der Waals surface area (Å²) in [7, 11) is 0. The van der Waals surface area contributed by atoms with Crippen LogP contribution in [0.3, 0.4) is 0 Å². The molecule has 1 aromatic carbocycles. The zero-order valence-corrected chi connectivity index (χ0v) is 15.0. The van der Waals surface area contributed by atoms with Crippen LogP contribution in [-0.4, -0.2) is 40.8 Å². The van der Waals surface area contributed by atoms with E-state index in [1.807, 2.05) is 11.8 Å². The van der Waals surface area contributed by atoms with Crippen LogP contribution in [-0.2, 0) is 11.2 Å². The third kappa shape index (κ3) is 2.98. The average molecular weight is 349 g/mol. The second-order valence-corrected chi connectivity index (χ2v) is 7.12. The van der Waals surface area contributed by atoms with E-state index in [1.165, 1.54) is 5.56 Å². The van der Waals surface area contributed by atoms with Crippen molar-refractivity contribution in [1.29, 1.82) is 0 Å². The molecule has 1 saturated heterocycles. The zero-order chi connectivity index (χ0) is 18.1. The Bertz CT molecular complexity index is 834. The molecule has 2 amide bonds. The molecule has 5 heteroatoms. The molecule has 1 fully saturated rings. The molecule has 1 aromatic heterocycles. The fraction of sp³-hybridized carbons (Fsp3) is 0.381. The monoisotopic (exact) mass is 349 g/mol. The van der Waals surface area contributed by atoms with E-state index in [2.05, 4.69) is 23.2 Å². The highest BCUT2D eigenvalue weighted by Crippen LogP contribution is 2.31. The molecule has 0 spiro atoms. The molecule has 3 heterocycles. The fourth-order valence-electron chi connectivity index (χ4n) is 3.98. The van der Waals surface area contributed by atoms with Gasteiger partial charge in [0, 0.05) is 31.2 Å². The Hall–Kier alpha value is -2.69. The van der Waals surface area contributed by atoms with Crippen LogP contribution in [0.25, 0.3) is 0 Å². The van der Waals surface area contributed by atoms with Gasteiger partial charge < -0.3 is 9.80 Å². The Kier molecular flexibility index (Phi) is 4.45. The Morgan fingerprint density at radius 3 is 2.85 bits per heavy atom. The summed E-state index contributed by atoms with van der Waals surface area (Å²) in [5.41, 5.74) is 3.92. The van der Waals surface area contributed by atoms with Crippen LogP contribution >= 0.6 is 0 Å². The zero-order valence-electron chi connectivity index (χ0n) is 15.0. The number of anilines is 1. The number of rotatable bonds is 2. The maximum atomic E-state index is 13.3. The van der Waals surface area contributed by atoms with E-state index in [9.17, 15) is 9.59 Å². The van der Waals surface area contributed by atoms with E-state index in [0.717, 1.165) is 36.9 Å². The average Bonchev–Trinajstić information content (AvgIpc) is 3.10. The minimum Gasteiger partial charge on any atom is -0.327 e. The van der Waals surface area contributed by atoms with Crippen LogP contribution in [0.15, 0.2) is 42.7 Å². The quantitative estimate of drug-likeness (QED) is 0.838. The molecular formula is C21H23N3O2. The van der Waals surface area contributed by atoms with Gasteiger partial charge in [0.15, 0.2) is 0 Å². The van der Waals surface area contributed by atoms with Crippen LogP contribution in [0, 0.1) is 6.92 Å². The molecule has 4 rings (SSSR count). The normalized spacial score (nSPS) is 19.3. The number of hydrogen-bond acceptors (Lipinski definition) is 3. The lowest BCUT2D eigenvalue weighted by molar-refractivity contribution is -0.123. The van der Waals surface area contributed by atoms with Gasteiger partial charge in [-0.1, -0.05) is 12.1 Å². The molecular weight excluding hydrogens is 326 g/mol. The number of likely N-dealkylation sites (tertiary alicyclic amines) is 1. The molecule has 2 aliphatic heterocycles. The van der Waals surface area contributed by atoms with Crippen molar-refractivity contribution in [1.82, 2.24) is 9.88 Å². The van der Waals surface area contributed by atoms with Gasteiger partial charge >= 0.3 is 0 Å². The van der Waals surface area contributed by atoms with E-state index in [1.54, 1.807) is 29.4 Å². The first kappa shape index (κ1) is 16.8. The number of nitrogens with zero attached hydrogens (tertiary/aromatic N) is 3. The third-order valence-corrected chi connectivity index (χ3v) is 5.36. The van der Waals surface area contributed by atoms with Crippen molar-refractivity contribution in [3.05, 3.63) is 59.4 Å². The summed E-state index contributed by atoms with van der Waals surface area (Å²) >= 11 is 0. The van der Waals surface area contributed by atoms with E-state index in [4.69, 9.17) is 0 Å². The summed E-state index contributed by atoms with van der Waals surface area (Å²) in [6, 6.07) is 9.41. The van der Waals surface area contributed by atoms with Crippen LogP contribution in [0.5, 0.6) is 0 Å². The summed E-state index contributed by atoms with van der Waals surface area (Å²) in [6.45, 7) is 3.36. The third-order valence-electron chi connectivity index (χ3n) is 5.36. The number of carbonyl (C=O) groups is 2. The van der Waals surface area contributed by atoms with E-state index >= 15 is 0 Å². The topological polar surface area (TPSA) is 53.5 Å². The van der Waals surface area contributed by atoms with Gasteiger partial charge in [-0.3, -0.25) is 14.6 Å². The first-order valence-corrected chi connectivity index (χ1v) is 9.27. The van der Waals surface area contributed by atoms with Crippen molar-refractivity contribution in [2.45, 2.75) is 38.6 Å². The fourth-order valence-corrected chi connectivity index (χ4v) is 3.98. The lowest BCUT2D eigenvalue weighted by atomic mass is 9.99. The Labute approximate surface area is 153 Å². The summed E-state index contributed by atoms with van der Waals surface area (Å²) in [4.78, 5) is 33.9. The Balaban J connectivity index is 1.60. The maximum absolute atomic E-state index is 13.3. The standard InChI is InChI=1S/C21H23N3O2/c1-15-7-8-16-9-12-24(19(16)13-15)21(26)18-6-2-3-11-23(18)20(25)17-5-4-10-22-14-17/h4-5,7-8,10,13-14,18H,2-3,6,9,11-12H2,1H3. The predicted molar refractivity (Wildman–Crippen MR) is 100 cm³/mol. The van der Waals surface area contributed by atoms with Crippen LogP contribution in [0.2, 0.25) is 0 Å². The molecule has 0 radical (unpaired) electrons. The SMILES string of the molecule is Cc1ccc2c(c1)N(C(=O)C1CCCCN1C(=O)c1cccnc1)CC2. The van der Waals surface area contributed by atoms with Gasteiger partial charge in [0.05, 0.1) is 5.56 Å². The molecule has 2 aromatic rings. The summed E-state index contributed by atoms with van der Waals surface area (Å²) < 4.78 is 0. The van der Waals surface area contributed by atoms with Crippen molar-refractivity contribution in [3.63, 3.8) is 0 Å². The van der Waals surface area contributed by atoms with Crippen molar-refractivity contribution >= 4 is 17.5 Å². The number of amides is 2. The van der Waals surface area contributed by atoms with Gasteiger partial charge in [-0.15, -0.1) is 0 Å². The molecule has 2 aliphatic rings. The highest BCUT2D eigenvalue weighted by atomic mass is 16.2. The number of hydrogen-bond donors (Lipinski definition) is 0. The molecule has 0 bridgehead atoms. The summed E-state index contributed by atoms with van der Waals surface area (Å²) in [5.74, 6) is -0.0499. The minimum absolute atomic E-state index is 0.0475. The van der Waals surface area contributed by atoms with Gasteiger partial charge in [0.25, 0.3) is 5.91 Å². The second-order valence-electron chi connectivity index (χ2n) is 7.12. The maximum Gasteiger partial charge on any atom is 0.256 e. The number of piperidine rings is 1. The van der Waals surface area contributed by atoms with E-state index in [-0.39, 0.29) is 17.9 Å². The minimum atomic E-state index is -0.386. The molecule has 0 saturated carbocycles. The Morgan fingerprint density at radius 1 is 1.15 bits per heavy atom. The highest BCUT2D eigenvalue weighted by molar-refractivity contribution is 6.03. The molecule has 1 atom stereocenters. The van der Waals surface area contributed by atoms with Crippen LogP contribution in [0.4, 0.5) is 5.69 Å². The lowest BCUT2D eigenvalue weighted by Gasteiger charge is -2.37. The van der Waals surface area contributed by atoms with Gasteiger partial charge in [0.2, 0.25) is 5.91 Å². The van der Waals surface area contributed by atoms with Crippen molar-refractivity contribution in [2.75, 3.05) is 18.0 Å². The van der Waals surface area contributed by atoms with Crippen LogP contribution in [0.1, 0.15) is 40.7 Å². The van der Waals surface area contributed by atoms with E-state index in [0.29, 0.717) is 18.7 Å². The number of benzene rings is 1. The largest absolute Gasteiger partial charge is 0.327 e. The molecule has 134 valence electrons.